The predicted octanol–water partition coefficient (Wildman–Crippen LogP) is 3.92. The fourth-order valence-electron chi connectivity index (χ4n) is 2.22. The van der Waals surface area contributed by atoms with Crippen LogP contribution in [0.15, 0.2) is 35.1 Å². The second kappa shape index (κ2) is 7.27. The normalized spacial score (nSPS) is 11.0. The largest absolute Gasteiger partial charge is 0.462 e. The molecule has 2 aromatic rings. The first-order valence-electron chi connectivity index (χ1n) is 6.81. The van der Waals surface area contributed by atoms with E-state index in [2.05, 4.69) is 4.98 Å². The molecule has 1 aromatic heterocycles. The van der Waals surface area contributed by atoms with Gasteiger partial charge in [-0.05, 0) is 12.5 Å². The number of aromatic amines is 1. The number of carbonyl (C=O) groups excluding carboxylic acids is 1. The third kappa shape index (κ3) is 3.57. The Balaban J connectivity index is 2.95. The molecule has 0 bridgehead atoms. The number of esters is 1. The molecule has 0 radical (unpaired) electrons. The molecule has 0 saturated carbocycles. The first-order chi connectivity index (χ1) is 11.3. The van der Waals surface area contributed by atoms with Crippen LogP contribution >= 0.6 is 34.8 Å². The summed E-state index contributed by atoms with van der Waals surface area (Å²) < 4.78 is 2.89. The molecule has 8 heteroatoms. The summed E-state index contributed by atoms with van der Waals surface area (Å²) in [6.07, 6.45) is 0. The molecule has 24 heavy (non-hydrogen) atoms. The summed E-state index contributed by atoms with van der Waals surface area (Å²) in [7, 11) is 0. The maximum atomic E-state index is 12.4. The fraction of sp³-hybridized carbons (Fsp3) is 0.188. The lowest BCUT2D eigenvalue weighted by molar-refractivity contribution is 0.0525. The smallest absolute Gasteiger partial charge is 0.344 e. The molecule has 0 atom stereocenters. The van der Waals surface area contributed by atoms with Gasteiger partial charge in [-0.2, -0.15) is 5.26 Å². The molecule has 0 aliphatic rings. The van der Waals surface area contributed by atoms with E-state index in [9.17, 15) is 14.9 Å². The Bertz CT molecular complexity index is 865. The van der Waals surface area contributed by atoms with Gasteiger partial charge in [-0.25, -0.2) is 4.79 Å². The maximum absolute atomic E-state index is 12.4. The lowest BCUT2D eigenvalue weighted by atomic mass is 9.95. The van der Waals surface area contributed by atoms with Crippen LogP contribution < -0.4 is 5.56 Å². The van der Waals surface area contributed by atoms with E-state index in [0.29, 0.717) is 5.56 Å². The van der Waals surface area contributed by atoms with Gasteiger partial charge < -0.3 is 9.72 Å². The van der Waals surface area contributed by atoms with E-state index in [1.807, 2.05) is 6.07 Å². The third-order valence-electron chi connectivity index (χ3n) is 3.15. The van der Waals surface area contributed by atoms with Crippen molar-refractivity contribution >= 4 is 40.8 Å². The molecule has 0 spiro atoms. The number of pyridine rings is 1. The molecule has 0 aliphatic carbocycles. The second-order valence-corrected chi connectivity index (χ2v) is 6.93. The van der Waals surface area contributed by atoms with Gasteiger partial charge in [0.1, 0.15) is 11.6 Å². The van der Waals surface area contributed by atoms with Gasteiger partial charge in [0.25, 0.3) is 5.56 Å². The van der Waals surface area contributed by atoms with Gasteiger partial charge in [0.05, 0.1) is 17.9 Å². The average Bonchev–Trinajstić information content (AvgIpc) is 2.53. The van der Waals surface area contributed by atoms with Crippen molar-refractivity contribution in [3.05, 3.63) is 57.5 Å². The average molecular weight is 386 g/mol. The van der Waals surface area contributed by atoms with Gasteiger partial charge in [-0.15, -0.1) is 0 Å². The highest BCUT2D eigenvalue weighted by Crippen LogP contribution is 2.41. The zero-order chi connectivity index (χ0) is 17.9. The Morgan fingerprint density at radius 1 is 1.29 bits per heavy atom. The van der Waals surface area contributed by atoms with Gasteiger partial charge in [0, 0.05) is 5.56 Å². The number of rotatable bonds is 3. The van der Waals surface area contributed by atoms with Gasteiger partial charge in [0.2, 0.25) is 3.79 Å². The lowest BCUT2D eigenvalue weighted by Gasteiger charge is -2.18. The minimum atomic E-state index is -2.04. The highest BCUT2D eigenvalue weighted by Gasteiger charge is 2.33. The summed E-state index contributed by atoms with van der Waals surface area (Å²) in [4.78, 5) is 27.0. The van der Waals surface area contributed by atoms with Crippen molar-refractivity contribution in [3.8, 4) is 17.2 Å². The molecule has 0 saturated heterocycles. The monoisotopic (exact) mass is 384 g/mol. The third-order valence-corrected chi connectivity index (χ3v) is 3.72. The van der Waals surface area contributed by atoms with Crippen LogP contribution in [-0.4, -0.2) is 17.6 Å². The number of ether oxygens (including phenoxy) is 1. The molecule has 0 aliphatic heterocycles. The summed E-state index contributed by atoms with van der Waals surface area (Å²) in [5.74, 6) is -0.857. The van der Waals surface area contributed by atoms with Crippen LogP contribution in [0.2, 0.25) is 0 Å². The Kier molecular flexibility index (Phi) is 5.55. The summed E-state index contributed by atoms with van der Waals surface area (Å²) in [5.41, 5.74) is -0.888. The molecular weight excluding hydrogens is 375 g/mol. The van der Waals surface area contributed by atoms with Gasteiger partial charge in [-0.1, -0.05) is 65.1 Å². The first kappa shape index (κ1) is 18.3. The topological polar surface area (TPSA) is 82.9 Å². The van der Waals surface area contributed by atoms with E-state index in [1.54, 1.807) is 37.3 Å². The predicted molar refractivity (Wildman–Crippen MR) is 92.4 cm³/mol. The number of alkyl halides is 3. The minimum absolute atomic E-state index is 0.0700. The first-order valence-corrected chi connectivity index (χ1v) is 7.94. The molecule has 124 valence electrons. The summed E-state index contributed by atoms with van der Waals surface area (Å²) in [6.45, 7) is 1.68. The number of nitrogens with zero attached hydrogens (tertiary/aromatic N) is 1. The summed E-state index contributed by atoms with van der Waals surface area (Å²) >= 11 is 17.6. The molecule has 0 unspecified atom stereocenters. The molecule has 2 rings (SSSR count). The number of hydrogen-bond acceptors (Lipinski definition) is 4. The Labute approximate surface area is 152 Å². The highest BCUT2D eigenvalue weighted by molar-refractivity contribution is 6.66. The number of benzene rings is 1. The van der Waals surface area contributed by atoms with Crippen LogP contribution in [0, 0.1) is 11.3 Å². The molecule has 1 N–H and O–H groups in total. The van der Waals surface area contributed by atoms with Crippen LogP contribution in [0.3, 0.4) is 0 Å². The Hall–Kier alpha value is -2.00. The van der Waals surface area contributed by atoms with Gasteiger partial charge in [0.15, 0.2) is 0 Å². The molecule has 5 nitrogen and oxygen atoms in total. The van der Waals surface area contributed by atoms with Crippen LogP contribution in [0.25, 0.3) is 11.1 Å². The van der Waals surface area contributed by atoms with Crippen molar-refractivity contribution in [2.75, 3.05) is 6.61 Å². The van der Waals surface area contributed by atoms with Crippen LogP contribution in [0.5, 0.6) is 0 Å². The minimum Gasteiger partial charge on any atom is -0.462 e. The van der Waals surface area contributed by atoms with Gasteiger partial charge >= 0.3 is 5.97 Å². The number of nitriles is 1. The molecule has 0 fully saturated rings. The quantitative estimate of drug-likeness (QED) is 0.641. The number of carbonyl (C=O) groups is 1. The zero-order valence-corrected chi connectivity index (χ0v) is 14.7. The van der Waals surface area contributed by atoms with Crippen molar-refractivity contribution in [3.63, 3.8) is 0 Å². The molecule has 1 heterocycles. The van der Waals surface area contributed by atoms with Crippen molar-refractivity contribution < 1.29 is 9.53 Å². The van der Waals surface area contributed by atoms with Crippen LogP contribution in [0.1, 0.15) is 28.5 Å². The lowest BCUT2D eigenvalue weighted by Crippen LogP contribution is -2.26. The number of aromatic nitrogens is 1. The number of H-pyrrole nitrogens is 1. The van der Waals surface area contributed by atoms with E-state index in [-0.39, 0.29) is 29.0 Å². The van der Waals surface area contributed by atoms with Crippen molar-refractivity contribution in [1.29, 1.82) is 5.26 Å². The maximum Gasteiger partial charge on any atom is 0.344 e. The molecular formula is C16H11Cl3N2O3. The van der Waals surface area contributed by atoms with E-state index >= 15 is 0 Å². The SMILES string of the molecule is CCOC(=O)c1c(-c2ccccc2)c(C#N)c(C(Cl)(Cl)Cl)[nH]c1=O. The van der Waals surface area contributed by atoms with Crippen LogP contribution in [0.4, 0.5) is 0 Å². The number of halogens is 3. The van der Waals surface area contributed by atoms with E-state index in [4.69, 9.17) is 39.5 Å². The van der Waals surface area contributed by atoms with E-state index in [0.717, 1.165) is 0 Å². The van der Waals surface area contributed by atoms with Crippen LogP contribution in [-0.2, 0) is 8.53 Å². The van der Waals surface area contributed by atoms with Gasteiger partial charge in [-0.3, -0.25) is 4.79 Å². The standard InChI is InChI=1S/C16H11Cl3N2O3/c1-2-24-15(23)12-11(9-6-4-3-5-7-9)10(8-20)13(16(17,18)19)21-14(12)22/h3-7H,2H2,1H3,(H,21,22). The summed E-state index contributed by atoms with van der Waals surface area (Å²) in [5, 5.41) is 9.55. The van der Waals surface area contributed by atoms with Crippen molar-refractivity contribution in [2.24, 2.45) is 0 Å². The molecule has 1 aromatic carbocycles. The van der Waals surface area contributed by atoms with Crippen molar-refractivity contribution in [2.45, 2.75) is 10.7 Å². The number of nitrogens with one attached hydrogen (secondary N) is 1. The zero-order valence-electron chi connectivity index (χ0n) is 12.4. The Morgan fingerprint density at radius 3 is 2.42 bits per heavy atom. The Morgan fingerprint density at radius 2 is 1.92 bits per heavy atom. The van der Waals surface area contributed by atoms with E-state index < -0.39 is 15.3 Å². The molecule has 0 amide bonds. The summed E-state index contributed by atoms with van der Waals surface area (Å²) in [6, 6.07) is 10.3. The second-order valence-electron chi connectivity index (χ2n) is 4.65. The van der Waals surface area contributed by atoms with Crippen molar-refractivity contribution in [1.82, 2.24) is 4.98 Å². The fourth-order valence-corrected chi connectivity index (χ4v) is 2.64. The highest BCUT2D eigenvalue weighted by atomic mass is 35.6. The van der Waals surface area contributed by atoms with E-state index in [1.165, 1.54) is 0 Å². The number of hydrogen-bond donors (Lipinski definition) is 1.